The topological polar surface area (TPSA) is 70.2 Å². The third-order valence-electron chi connectivity index (χ3n) is 3.17. The van der Waals surface area contributed by atoms with Crippen molar-refractivity contribution in [3.8, 4) is 0 Å². The molecule has 2 rings (SSSR count). The fraction of sp³-hybridized carbons (Fsp3) is 0.222. The molecule has 0 heterocycles. The van der Waals surface area contributed by atoms with Crippen molar-refractivity contribution in [3.05, 3.63) is 54.1 Å². The van der Waals surface area contributed by atoms with Crippen molar-refractivity contribution in [1.82, 2.24) is 0 Å². The summed E-state index contributed by atoms with van der Waals surface area (Å²) >= 11 is 0. The van der Waals surface area contributed by atoms with Crippen LogP contribution in [0, 0.1) is 6.92 Å². The molecule has 0 unspecified atom stereocenters. The number of aryl methyl sites for hydroxylation is 1. The highest BCUT2D eigenvalue weighted by Crippen LogP contribution is 2.15. The first kappa shape index (κ1) is 16.5. The van der Waals surface area contributed by atoms with Crippen LogP contribution in [0.4, 0.5) is 17.1 Å². The van der Waals surface area contributed by atoms with E-state index in [2.05, 4.69) is 16.0 Å². The Kier molecular flexibility index (Phi) is 5.74. The van der Waals surface area contributed by atoms with Gasteiger partial charge in [-0.25, -0.2) is 0 Å². The van der Waals surface area contributed by atoms with Crippen LogP contribution in [-0.4, -0.2) is 18.4 Å². The Hall–Kier alpha value is -2.82. The summed E-state index contributed by atoms with van der Waals surface area (Å²) in [5.41, 5.74) is 3.50. The lowest BCUT2D eigenvalue weighted by atomic mass is 10.2. The molecule has 0 radical (unpaired) electrons. The lowest BCUT2D eigenvalue weighted by molar-refractivity contribution is -0.116. The first-order valence-electron chi connectivity index (χ1n) is 7.51. The van der Waals surface area contributed by atoms with Crippen LogP contribution >= 0.6 is 0 Å². The van der Waals surface area contributed by atoms with Crippen molar-refractivity contribution >= 4 is 28.9 Å². The maximum absolute atomic E-state index is 11.9. The molecular weight excluding hydrogens is 290 g/mol. The Bertz CT molecular complexity index is 698. The Morgan fingerprint density at radius 3 is 2.26 bits per heavy atom. The molecule has 0 spiro atoms. The number of carbonyl (C=O) groups excluding carboxylic acids is 2. The van der Waals surface area contributed by atoms with Crippen molar-refractivity contribution in [2.24, 2.45) is 0 Å². The summed E-state index contributed by atoms with van der Waals surface area (Å²) in [4.78, 5) is 23.0. The largest absolute Gasteiger partial charge is 0.384 e. The van der Waals surface area contributed by atoms with Gasteiger partial charge in [0.15, 0.2) is 0 Å². The van der Waals surface area contributed by atoms with Gasteiger partial charge in [0.2, 0.25) is 11.8 Å². The molecule has 23 heavy (non-hydrogen) atoms. The van der Waals surface area contributed by atoms with Crippen molar-refractivity contribution in [2.45, 2.75) is 20.3 Å². The van der Waals surface area contributed by atoms with Crippen LogP contribution < -0.4 is 16.0 Å². The Morgan fingerprint density at radius 2 is 1.57 bits per heavy atom. The predicted molar refractivity (Wildman–Crippen MR) is 93.7 cm³/mol. The maximum Gasteiger partial charge on any atom is 0.226 e. The van der Waals surface area contributed by atoms with E-state index in [9.17, 15) is 9.59 Å². The highest BCUT2D eigenvalue weighted by atomic mass is 16.2. The zero-order valence-electron chi connectivity index (χ0n) is 13.3. The van der Waals surface area contributed by atoms with Crippen LogP contribution in [0.5, 0.6) is 0 Å². The SMILES string of the molecule is CC(=O)Nc1cccc(NCCC(=O)Nc2cccc(C)c2)c1. The predicted octanol–water partition coefficient (Wildman–Crippen LogP) is 3.39. The Morgan fingerprint density at radius 1 is 0.913 bits per heavy atom. The lowest BCUT2D eigenvalue weighted by Gasteiger charge is -2.09. The summed E-state index contributed by atoms with van der Waals surface area (Å²) in [5, 5.41) is 8.77. The second-order valence-electron chi connectivity index (χ2n) is 5.36. The molecule has 0 aliphatic heterocycles. The van der Waals surface area contributed by atoms with Crippen LogP contribution in [0.2, 0.25) is 0 Å². The second kappa shape index (κ2) is 7.98. The number of carbonyl (C=O) groups is 2. The molecule has 0 bridgehead atoms. The molecule has 0 aliphatic carbocycles. The molecule has 5 nitrogen and oxygen atoms in total. The third-order valence-corrected chi connectivity index (χ3v) is 3.17. The number of anilines is 3. The molecule has 0 atom stereocenters. The summed E-state index contributed by atoms with van der Waals surface area (Å²) < 4.78 is 0. The van der Waals surface area contributed by atoms with Gasteiger partial charge in [-0.15, -0.1) is 0 Å². The van der Waals surface area contributed by atoms with Gasteiger partial charge < -0.3 is 16.0 Å². The van der Waals surface area contributed by atoms with Crippen LogP contribution in [0.1, 0.15) is 18.9 Å². The lowest BCUT2D eigenvalue weighted by Crippen LogP contribution is -2.16. The Balaban J connectivity index is 1.80. The van der Waals surface area contributed by atoms with Crippen molar-refractivity contribution in [2.75, 3.05) is 22.5 Å². The number of rotatable bonds is 6. The van der Waals surface area contributed by atoms with E-state index in [0.717, 1.165) is 22.6 Å². The molecule has 0 saturated heterocycles. The Labute approximate surface area is 136 Å². The number of nitrogens with one attached hydrogen (secondary N) is 3. The fourth-order valence-corrected chi connectivity index (χ4v) is 2.18. The van der Waals surface area contributed by atoms with E-state index in [1.165, 1.54) is 6.92 Å². The van der Waals surface area contributed by atoms with Gasteiger partial charge in [0.05, 0.1) is 0 Å². The molecule has 0 aliphatic rings. The molecule has 0 fully saturated rings. The van der Waals surface area contributed by atoms with Gasteiger partial charge in [-0.05, 0) is 42.8 Å². The highest BCUT2D eigenvalue weighted by molar-refractivity contribution is 5.91. The molecule has 3 N–H and O–H groups in total. The minimum absolute atomic E-state index is 0.0406. The molecule has 2 aromatic rings. The van der Waals surface area contributed by atoms with E-state index in [-0.39, 0.29) is 11.8 Å². The summed E-state index contributed by atoms with van der Waals surface area (Å²) in [6.45, 7) is 3.97. The average molecular weight is 311 g/mol. The van der Waals surface area contributed by atoms with E-state index in [4.69, 9.17) is 0 Å². The van der Waals surface area contributed by atoms with Gasteiger partial charge >= 0.3 is 0 Å². The zero-order chi connectivity index (χ0) is 16.7. The van der Waals surface area contributed by atoms with Crippen LogP contribution in [0.25, 0.3) is 0 Å². The molecule has 2 aromatic carbocycles. The van der Waals surface area contributed by atoms with Crippen LogP contribution in [0.15, 0.2) is 48.5 Å². The standard InChI is InChI=1S/C18H21N3O2/c1-13-5-3-7-16(11-13)21-18(23)9-10-19-15-6-4-8-17(12-15)20-14(2)22/h3-8,11-12,19H,9-10H2,1-2H3,(H,20,22)(H,21,23). The van der Waals surface area contributed by atoms with Crippen LogP contribution in [-0.2, 0) is 9.59 Å². The van der Waals surface area contributed by atoms with E-state index in [1.54, 1.807) is 0 Å². The van der Waals surface area contributed by atoms with Crippen molar-refractivity contribution in [1.29, 1.82) is 0 Å². The first-order valence-corrected chi connectivity index (χ1v) is 7.51. The minimum atomic E-state index is -0.111. The van der Waals surface area contributed by atoms with Crippen LogP contribution in [0.3, 0.4) is 0 Å². The normalized spacial score (nSPS) is 10.0. The molecule has 5 heteroatoms. The molecule has 0 saturated carbocycles. The smallest absolute Gasteiger partial charge is 0.226 e. The molecule has 120 valence electrons. The molecule has 0 aromatic heterocycles. The quantitative estimate of drug-likeness (QED) is 0.766. The van der Waals surface area contributed by atoms with E-state index in [1.807, 2.05) is 55.5 Å². The third kappa shape index (κ3) is 5.82. The maximum atomic E-state index is 11.9. The fourth-order valence-electron chi connectivity index (χ4n) is 2.18. The first-order chi connectivity index (χ1) is 11.0. The second-order valence-corrected chi connectivity index (χ2v) is 5.36. The van der Waals surface area contributed by atoms with E-state index >= 15 is 0 Å². The van der Waals surface area contributed by atoms with E-state index in [0.29, 0.717) is 13.0 Å². The van der Waals surface area contributed by atoms with Gasteiger partial charge in [-0.3, -0.25) is 9.59 Å². The molecule has 2 amide bonds. The number of benzene rings is 2. The summed E-state index contributed by atoms with van der Waals surface area (Å²) in [6.07, 6.45) is 0.359. The van der Waals surface area contributed by atoms with Gasteiger partial charge in [0, 0.05) is 37.0 Å². The molecular formula is C18H21N3O2. The van der Waals surface area contributed by atoms with Crippen molar-refractivity contribution < 1.29 is 9.59 Å². The monoisotopic (exact) mass is 311 g/mol. The number of hydrogen-bond donors (Lipinski definition) is 3. The highest BCUT2D eigenvalue weighted by Gasteiger charge is 2.03. The number of hydrogen-bond acceptors (Lipinski definition) is 3. The van der Waals surface area contributed by atoms with Crippen molar-refractivity contribution in [3.63, 3.8) is 0 Å². The summed E-state index contributed by atoms with van der Waals surface area (Å²) in [7, 11) is 0. The number of amides is 2. The van der Waals surface area contributed by atoms with Gasteiger partial charge in [0.1, 0.15) is 0 Å². The minimum Gasteiger partial charge on any atom is -0.384 e. The van der Waals surface area contributed by atoms with Gasteiger partial charge in [-0.1, -0.05) is 18.2 Å². The zero-order valence-corrected chi connectivity index (χ0v) is 13.3. The van der Waals surface area contributed by atoms with E-state index < -0.39 is 0 Å². The summed E-state index contributed by atoms with van der Waals surface area (Å²) in [5.74, 6) is -0.152. The van der Waals surface area contributed by atoms with Gasteiger partial charge in [-0.2, -0.15) is 0 Å². The summed E-state index contributed by atoms with van der Waals surface area (Å²) in [6, 6.07) is 15.1. The van der Waals surface area contributed by atoms with Gasteiger partial charge in [0.25, 0.3) is 0 Å². The average Bonchev–Trinajstić information content (AvgIpc) is 2.47.